The summed E-state index contributed by atoms with van der Waals surface area (Å²) in [5, 5.41) is 17.5. The van der Waals surface area contributed by atoms with Crippen molar-refractivity contribution >= 4 is 11.8 Å². The highest BCUT2D eigenvalue weighted by molar-refractivity contribution is 7.99. The summed E-state index contributed by atoms with van der Waals surface area (Å²) in [7, 11) is 0. The minimum atomic E-state index is 0.243. The molecule has 0 fully saturated rings. The molecule has 0 aliphatic carbocycles. The highest BCUT2D eigenvalue weighted by Crippen LogP contribution is 2.26. The van der Waals surface area contributed by atoms with Gasteiger partial charge in [0.05, 0.1) is 16.7 Å². The summed E-state index contributed by atoms with van der Waals surface area (Å²) in [5.41, 5.74) is 0. The lowest BCUT2D eigenvalue weighted by Crippen LogP contribution is -1.74. The fraction of sp³-hybridized carbons (Fsp3) is 0.125. The second-order valence-electron chi connectivity index (χ2n) is 1.91. The molecule has 0 spiro atoms. The van der Waals surface area contributed by atoms with Crippen LogP contribution in [0.25, 0.3) is 0 Å². The van der Waals surface area contributed by atoms with E-state index in [2.05, 4.69) is 0 Å². The van der Waals surface area contributed by atoms with Gasteiger partial charge < -0.3 is 5.11 Å². The third-order valence-electron chi connectivity index (χ3n) is 1.16. The summed E-state index contributed by atoms with van der Waals surface area (Å²) in [6.07, 6.45) is 0. The standard InChI is InChI=1S/C8H7NOS/c9-5-6-11-8-4-2-1-3-7(8)10/h1-4,10H,6H2. The molecule has 3 heteroatoms. The maximum atomic E-state index is 9.21. The molecule has 0 aliphatic rings. The van der Waals surface area contributed by atoms with Crippen LogP contribution in [0.3, 0.4) is 0 Å². The third-order valence-corrected chi connectivity index (χ3v) is 2.09. The zero-order valence-corrected chi connectivity index (χ0v) is 6.64. The number of nitrogens with zero attached hydrogens (tertiary/aromatic N) is 1. The van der Waals surface area contributed by atoms with E-state index in [-0.39, 0.29) is 5.75 Å². The Morgan fingerprint density at radius 1 is 1.45 bits per heavy atom. The molecular weight excluding hydrogens is 158 g/mol. The smallest absolute Gasteiger partial charge is 0.129 e. The average Bonchev–Trinajstić information content (AvgIpc) is 2.03. The van der Waals surface area contributed by atoms with Crippen LogP contribution in [0.1, 0.15) is 0 Å². The first-order valence-corrected chi connectivity index (χ1v) is 4.11. The average molecular weight is 165 g/mol. The molecule has 11 heavy (non-hydrogen) atoms. The Kier molecular flexibility index (Phi) is 2.82. The van der Waals surface area contributed by atoms with Crippen molar-refractivity contribution in [2.24, 2.45) is 0 Å². The Hall–Kier alpha value is -1.14. The second kappa shape index (κ2) is 3.89. The van der Waals surface area contributed by atoms with Gasteiger partial charge in [-0.15, -0.1) is 11.8 Å². The molecule has 0 saturated carbocycles. The molecule has 0 aromatic heterocycles. The van der Waals surface area contributed by atoms with Crippen LogP contribution < -0.4 is 0 Å². The van der Waals surface area contributed by atoms with Crippen molar-refractivity contribution in [3.05, 3.63) is 24.3 Å². The molecule has 56 valence electrons. The zero-order chi connectivity index (χ0) is 8.10. The largest absolute Gasteiger partial charge is 0.507 e. The summed E-state index contributed by atoms with van der Waals surface area (Å²) < 4.78 is 0. The topological polar surface area (TPSA) is 44.0 Å². The van der Waals surface area contributed by atoms with Crippen LogP contribution in [0.5, 0.6) is 5.75 Å². The minimum absolute atomic E-state index is 0.243. The molecule has 1 N–H and O–H groups in total. The van der Waals surface area contributed by atoms with Crippen LogP contribution in [0.15, 0.2) is 29.2 Å². The maximum absolute atomic E-state index is 9.21. The molecular formula is C8H7NOS. The van der Waals surface area contributed by atoms with E-state index in [0.717, 1.165) is 4.90 Å². The summed E-state index contributed by atoms with van der Waals surface area (Å²) in [5.74, 6) is 0.616. The Labute approximate surface area is 69.5 Å². The number of phenols is 1. The number of benzene rings is 1. The van der Waals surface area contributed by atoms with Gasteiger partial charge in [-0.05, 0) is 12.1 Å². The van der Waals surface area contributed by atoms with Crippen molar-refractivity contribution in [2.45, 2.75) is 4.90 Å². The normalized spacial score (nSPS) is 9.00. The van der Waals surface area contributed by atoms with Gasteiger partial charge in [-0.1, -0.05) is 12.1 Å². The molecule has 0 saturated heterocycles. The van der Waals surface area contributed by atoms with Gasteiger partial charge in [-0.3, -0.25) is 0 Å². The van der Waals surface area contributed by atoms with E-state index in [1.807, 2.05) is 12.1 Å². The summed E-state index contributed by atoms with van der Waals surface area (Å²) >= 11 is 1.34. The van der Waals surface area contributed by atoms with E-state index in [1.54, 1.807) is 18.2 Å². The molecule has 0 atom stereocenters. The van der Waals surface area contributed by atoms with E-state index in [1.165, 1.54) is 11.8 Å². The fourth-order valence-corrected chi connectivity index (χ4v) is 1.30. The molecule has 0 amide bonds. The minimum Gasteiger partial charge on any atom is -0.507 e. The van der Waals surface area contributed by atoms with Crippen molar-refractivity contribution in [3.8, 4) is 11.8 Å². The number of hydrogen-bond acceptors (Lipinski definition) is 3. The third kappa shape index (κ3) is 2.17. The van der Waals surface area contributed by atoms with E-state index in [4.69, 9.17) is 5.26 Å². The predicted molar refractivity (Wildman–Crippen MR) is 44.4 cm³/mol. The lowest BCUT2D eigenvalue weighted by Gasteiger charge is -1.98. The number of hydrogen-bond donors (Lipinski definition) is 1. The summed E-state index contributed by atoms with van der Waals surface area (Å²) in [6, 6.07) is 8.98. The van der Waals surface area contributed by atoms with Crippen molar-refractivity contribution < 1.29 is 5.11 Å². The molecule has 0 unspecified atom stereocenters. The molecule has 1 aromatic carbocycles. The Morgan fingerprint density at radius 2 is 2.18 bits per heavy atom. The van der Waals surface area contributed by atoms with Gasteiger partial charge >= 0.3 is 0 Å². The van der Waals surface area contributed by atoms with Gasteiger partial charge in [0.1, 0.15) is 5.75 Å². The molecule has 2 nitrogen and oxygen atoms in total. The summed E-state index contributed by atoms with van der Waals surface area (Å²) in [4.78, 5) is 0.758. The highest BCUT2D eigenvalue weighted by Gasteiger charge is 1.97. The number of nitriles is 1. The Bertz CT molecular complexity index is 280. The van der Waals surface area contributed by atoms with Crippen LogP contribution in [-0.2, 0) is 0 Å². The monoisotopic (exact) mass is 165 g/mol. The number of para-hydroxylation sites is 1. The van der Waals surface area contributed by atoms with E-state index >= 15 is 0 Å². The van der Waals surface area contributed by atoms with Gasteiger partial charge in [-0.2, -0.15) is 5.26 Å². The first kappa shape index (κ1) is 7.96. The Balaban J connectivity index is 2.71. The quantitative estimate of drug-likeness (QED) is 0.682. The van der Waals surface area contributed by atoms with Gasteiger partial charge in [0.15, 0.2) is 0 Å². The fourth-order valence-electron chi connectivity index (χ4n) is 0.689. The van der Waals surface area contributed by atoms with Crippen molar-refractivity contribution in [2.75, 3.05) is 5.75 Å². The van der Waals surface area contributed by atoms with Crippen LogP contribution in [-0.4, -0.2) is 10.9 Å². The van der Waals surface area contributed by atoms with Crippen LogP contribution >= 0.6 is 11.8 Å². The molecule has 0 radical (unpaired) electrons. The van der Waals surface area contributed by atoms with Crippen LogP contribution in [0, 0.1) is 11.3 Å². The van der Waals surface area contributed by atoms with E-state index in [0.29, 0.717) is 5.75 Å². The van der Waals surface area contributed by atoms with E-state index < -0.39 is 0 Å². The number of thioether (sulfide) groups is 1. The van der Waals surface area contributed by atoms with Gasteiger partial charge in [-0.25, -0.2) is 0 Å². The lowest BCUT2D eigenvalue weighted by atomic mass is 10.3. The predicted octanol–water partition coefficient (Wildman–Crippen LogP) is 2.01. The van der Waals surface area contributed by atoms with Crippen LogP contribution in [0.2, 0.25) is 0 Å². The highest BCUT2D eigenvalue weighted by atomic mass is 32.2. The van der Waals surface area contributed by atoms with E-state index in [9.17, 15) is 5.11 Å². The molecule has 0 aliphatic heterocycles. The second-order valence-corrected chi connectivity index (χ2v) is 2.93. The van der Waals surface area contributed by atoms with Crippen molar-refractivity contribution in [3.63, 3.8) is 0 Å². The lowest BCUT2D eigenvalue weighted by molar-refractivity contribution is 0.462. The number of aromatic hydroxyl groups is 1. The molecule has 0 bridgehead atoms. The van der Waals surface area contributed by atoms with Crippen molar-refractivity contribution in [1.82, 2.24) is 0 Å². The molecule has 1 aromatic rings. The Morgan fingerprint density at radius 3 is 2.82 bits per heavy atom. The number of rotatable bonds is 2. The van der Waals surface area contributed by atoms with Gasteiger partial charge in [0.25, 0.3) is 0 Å². The van der Waals surface area contributed by atoms with Crippen molar-refractivity contribution in [1.29, 1.82) is 5.26 Å². The zero-order valence-electron chi connectivity index (χ0n) is 5.82. The molecule has 1 rings (SSSR count). The van der Waals surface area contributed by atoms with Gasteiger partial charge in [0.2, 0.25) is 0 Å². The summed E-state index contributed by atoms with van der Waals surface area (Å²) in [6.45, 7) is 0. The first-order valence-electron chi connectivity index (χ1n) is 3.12. The maximum Gasteiger partial charge on any atom is 0.129 e. The number of phenolic OH excluding ortho intramolecular Hbond substituents is 1. The SMILES string of the molecule is N#CCSc1ccccc1O. The van der Waals surface area contributed by atoms with Gasteiger partial charge in [0, 0.05) is 0 Å². The molecule has 0 heterocycles. The van der Waals surface area contributed by atoms with Crippen LogP contribution in [0.4, 0.5) is 0 Å². The first-order chi connectivity index (χ1) is 5.34.